The van der Waals surface area contributed by atoms with Crippen molar-refractivity contribution in [3.8, 4) is 67.5 Å². The van der Waals surface area contributed by atoms with Crippen LogP contribution in [0.15, 0.2) is 225 Å². The van der Waals surface area contributed by atoms with Crippen LogP contribution >= 0.6 is 0 Å². The molecule has 396 valence electrons. The van der Waals surface area contributed by atoms with Crippen molar-refractivity contribution in [1.82, 2.24) is 14.1 Å². The largest absolute Gasteiger partial charge is 0.509 e. The van der Waals surface area contributed by atoms with E-state index in [9.17, 15) is 0 Å². The molecule has 10 aromatic carbocycles. The van der Waals surface area contributed by atoms with Crippen molar-refractivity contribution >= 4 is 66.4 Å². The summed E-state index contributed by atoms with van der Waals surface area (Å²) in [6, 6.07) is 86.3. The van der Waals surface area contributed by atoms with Crippen molar-refractivity contribution < 1.29 is 25.8 Å². The van der Waals surface area contributed by atoms with Crippen LogP contribution in [-0.2, 0) is 31.9 Å². The average Bonchev–Trinajstić information content (AvgIpc) is 2.55. The van der Waals surface area contributed by atoms with Crippen molar-refractivity contribution in [3.63, 3.8) is 0 Å². The first-order valence-corrected chi connectivity index (χ1v) is 27.6. The van der Waals surface area contributed by atoms with Crippen LogP contribution in [0.5, 0.6) is 11.5 Å². The number of ether oxygens (including phenoxy) is 1. The number of anilines is 4. The SMILES string of the molecule is CC(C)(C)c1ccnc(-n2c3[c-]c(Oc4[c-]c(N5[CH-]N(c6c(-c7ccccc7)cc(C(C)(C)C)cc6-c6ccccc6)c6ccccc65)ccc4)ccc3c3c4c(ccc32)-n2c3ccccc3c3cccc(c32)-c2ccccc2-4)c1.[Pt]. The number of aromatic nitrogens is 3. The molecule has 0 atom stereocenters. The number of nitrogens with zero attached hydrogens (tertiary/aromatic N) is 5. The summed E-state index contributed by atoms with van der Waals surface area (Å²) in [5, 5.41) is 4.67. The second kappa shape index (κ2) is 19.1. The Morgan fingerprint density at radius 2 is 1.06 bits per heavy atom. The molecular formula is C74H56N5OPt-3. The number of hydrogen-bond donors (Lipinski definition) is 0. The Morgan fingerprint density at radius 3 is 1.79 bits per heavy atom. The van der Waals surface area contributed by atoms with Gasteiger partial charge in [0.15, 0.2) is 0 Å². The summed E-state index contributed by atoms with van der Waals surface area (Å²) in [6.45, 7) is 15.8. The van der Waals surface area contributed by atoms with Crippen LogP contribution in [0.4, 0.5) is 22.7 Å². The molecule has 0 saturated carbocycles. The fourth-order valence-electron chi connectivity index (χ4n) is 12.4. The van der Waals surface area contributed by atoms with Gasteiger partial charge in [-0.05, 0) is 104 Å². The standard InChI is InChI=1S/C74H56N5O.Pt/c1-73(2,3)49-39-40-75-68(43-49)78-65-37-38-66-69(56-29-14-13-27-54(56)57-30-20-31-58-55-28-15-16-32-62(55)79(66)72(57)58)70(65)59-36-35-53(45-67(59)78)80-52-26-19-25-51(44-52)76-46-77(64-34-18-17-33-63(64)76)71-60(47-21-9-7-10-22-47)41-50(74(4,5)6)42-61(71)48-23-11-8-12-24-48;/h7-43,46H,1-6H3;/q-3;. The van der Waals surface area contributed by atoms with Gasteiger partial charge >= 0.3 is 0 Å². The Hall–Kier alpha value is -8.96. The van der Waals surface area contributed by atoms with E-state index in [0.29, 0.717) is 11.5 Å². The summed E-state index contributed by atoms with van der Waals surface area (Å²) in [5.74, 6) is 1.97. The molecule has 0 unspecified atom stereocenters. The summed E-state index contributed by atoms with van der Waals surface area (Å²) in [5.41, 5.74) is 21.2. The summed E-state index contributed by atoms with van der Waals surface area (Å²) >= 11 is 0. The van der Waals surface area contributed by atoms with Crippen LogP contribution < -0.4 is 14.5 Å². The van der Waals surface area contributed by atoms with E-state index in [4.69, 9.17) is 9.72 Å². The zero-order chi connectivity index (χ0) is 54.0. The quantitative estimate of drug-likeness (QED) is 0.149. The van der Waals surface area contributed by atoms with E-state index in [1.54, 1.807) is 0 Å². The normalized spacial score (nSPS) is 12.9. The average molecular weight is 1230 g/mol. The molecule has 0 fully saturated rings. The van der Waals surface area contributed by atoms with E-state index in [1.807, 2.05) is 18.3 Å². The van der Waals surface area contributed by atoms with Crippen molar-refractivity contribution in [2.24, 2.45) is 0 Å². The third-order valence-corrected chi connectivity index (χ3v) is 16.3. The third-order valence-electron chi connectivity index (χ3n) is 16.3. The van der Waals surface area contributed by atoms with E-state index in [0.717, 1.165) is 78.3 Å². The van der Waals surface area contributed by atoms with Crippen LogP contribution in [0.3, 0.4) is 0 Å². The second-order valence-electron chi connectivity index (χ2n) is 23.3. The first kappa shape index (κ1) is 50.3. The Kier molecular flexibility index (Phi) is 11.9. The van der Waals surface area contributed by atoms with Gasteiger partial charge in [-0.2, -0.15) is 12.1 Å². The molecule has 2 aliphatic heterocycles. The summed E-state index contributed by atoms with van der Waals surface area (Å²) in [4.78, 5) is 9.71. The first-order valence-electron chi connectivity index (χ1n) is 27.6. The van der Waals surface area contributed by atoms with Crippen molar-refractivity contribution in [2.45, 2.75) is 52.4 Å². The molecule has 0 amide bonds. The molecular weight excluding hydrogens is 1170 g/mol. The number of fused-ring (bicyclic) bond motifs is 13. The van der Waals surface area contributed by atoms with E-state index >= 15 is 0 Å². The molecule has 0 aliphatic carbocycles. The molecule has 0 N–H and O–H groups in total. The van der Waals surface area contributed by atoms with E-state index in [-0.39, 0.29) is 31.9 Å². The Bertz CT molecular complexity index is 4580. The molecule has 81 heavy (non-hydrogen) atoms. The minimum Gasteiger partial charge on any atom is -0.509 e. The molecule has 2 aliphatic rings. The zero-order valence-electron chi connectivity index (χ0n) is 45.9. The van der Waals surface area contributed by atoms with Gasteiger partial charge in [0.05, 0.1) is 16.7 Å². The van der Waals surface area contributed by atoms with Gasteiger partial charge in [-0.25, -0.2) is 4.98 Å². The molecule has 6 nitrogen and oxygen atoms in total. The van der Waals surface area contributed by atoms with Crippen LogP contribution in [0.1, 0.15) is 52.7 Å². The maximum atomic E-state index is 6.95. The number of rotatable bonds is 7. The van der Waals surface area contributed by atoms with Gasteiger partial charge in [-0.3, -0.25) is 0 Å². The van der Waals surface area contributed by atoms with E-state index in [1.165, 1.54) is 55.2 Å². The van der Waals surface area contributed by atoms with Gasteiger partial charge in [0, 0.05) is 94.4 Å². The number of pyridine rings is 1. The molecule has 7 heteroatoms. The van der Waals surface area contributed by atoms with E-state index in [2.05, 4.69) is 286 Å². The molecule has 5 heterocycles. The predicted molar refractivity (Wildman–Crippen MR) is 331 cm³/mol. The second-order valence-corrected chi connectivity index (χ2v) is 23.3. The van der Waals surface area contributed by atoms with E-state index < -0.39 is 0 Å². The fourth-order valence-corrected chi connectivity index (χ4v) is 12.4. The summed E-state index contributed by atoms with van der Waals surface area (Å²) in [7, 11) is 0. The minimum absolute atomic E-state index is 0. The maximum absolute atomic E-state index is 6.95. The first-order chi connectivity index (χ1) is 39.0. The predicted octanol–water partition coefficient (Wildman–Crippen LogP) is 19.7. The molecule has 0 saturated heterocycles. The third kappa shape index (κ3) is 8.13. The maximum Gasteiger partial charge on any atom is 0.135 e. The summed E-state index contributed by atoms with van der Waals surface area (Å²) < 4.78 is 11.7. The Balaban J connectivity index is 0.00000589. The molecule has 3 aromatic heterocycles. The Labute approximate surface area is 487 Å². The number of hydrogen-bond acceptors (Lipinski definition) is 4. The molecule has 13 aromatic rings. The summed E-state index contributed by atoms with van der Waals surface area (Å²) in [6.07, 6.45) is 1.94. The van der Waals surface area contributed by atoms with Gasteiger partial charge in [0.1, 0.15) is 5.82 Å². The van der Waals surface area contributed by atoms with Gasteiger partial charge in [0.2, 0.25) is 0 Å². The molecule has 15 rings (SSSR count). The van der Waals surface area contributed by atoms with Crippen LogP contribution in [0.2, 0.25) is 0 Å². The fraction of sp³-hybridized carbons (Fsp3) is 0.108. The molecule has 0 spiro atoms. The smallest absolute Gasteiger partial charge is 0.135 e. The zero-order valence-corrected chi connectivity index (χ0v) is 48.2. The van der Waals surface area contributed by atoms with Gasteiger partial charge in [-0.1, -0.05) is 181 Å². The topological polar surface area (TPSA) is 38.5 Å². The van der Waals surface area contributed by atoms with Crippen molar-refractivity contribution in [1.29, 1.82) is 0 Å². The van der Waals surface area contributed by atoms with Crippen molar-refractivity contribution in [3.05, 3.63) is 255 Å². The van der Waals surface area contributed by atoms with Crippen LogP contribution in [0, 0.1) is 18.8 Å². The van der Waals surface area contributed by atoms with Gasteiger partial charge in [0.25, 0.3) is 0 Å². The number of benzene rings is 10. The Morgan fingerprint density at radius 1 is 0.444 bits per heavy atom. The molecule has 0 bridgehead atoms. The molecule has 0 radical (unpaired) electrons. The minimum atomic E-state index is -0.104. The van der Waals surface area contributed by atoms with Gasteiger partial charge < -0.3 is 23.7 Å². The number of para-hydroxylation sites is 4. The van der Waals surface area contributed by atoms with Crippen molar-refractivity contribution in [2.75, 3.05) is 9.80 Å². The monoisotopic (exact) mass is 1230 g/mol. The van der Waals surface area contributed by atoms with Gasteiger partial charge in [-0.15, -0.1) is 48.1 Å². The van der Waals surface area contributed by atoms with Crippen LogP contribution in [-0.4, -0.2) is 14.1 Å². The van der Waals surface area contributed by atoms with Crippen LogP contribution in [0.25, 0.3) is 99.6 Å².